The molecule has 2 aromatic rings. The third-order valence-electron chi connectivity index (χ3n) is 4.28. The third-order valence-corrected chi connectivity index (χ3v) is 4.28. The Kier molecular flexibility index (Phi) is 6.84. The first-order valence-electron chi connectivity index (χ1n) is 8.77. The van der Waals surface area contributed by atoms with Crippen molar-refractivity contribution in [2.45, 2.75) is 6.92 Å². The largest absolute Gasteiger partial charge is 0.384 e. The van der Waals surface area contributed by atoms with E-state index in [0.717, 1.165) is 16.8 Å². The highest BCUT2D eigenvalue weighted by molar-refractivity contribution is 5.96. The van der Waals surface area contributed by atoms with Gasteiger partial charge in [-0.25, -0.2) is 0 Å². The number of hydrogen-bond acceptors (Lipinski definition) is 3. The van der Waals surface area contributed by atoms with Gasteiger partial charge in [0.05, 0.1) is 13.1 Å². The summed E-state index contributed by atoms with van der Waals surface area (Å²) in [5.41, 5.74) is 9.50. The van der Waals surface area contributed by atoms with E-state index in [9.17, 15) is 4.79 Å². The molecule has 0 aliphatic heterocycles. The van der Waals surface area contributed by atoms with Crippen molar-refractivity contribution in [3.63, 3.8) is 0 Å². The number of aryl methyl sites for hydroxylation is 1. The van der Waals surface area contributed by atoms with Gasteiger partial charge in [0.1, 0.15) is 5.84 Å². The van der Waals surface area contributed by atoms with Crippen molar-refractivity contribution in [1.29, 1.82) is 5.41 Å². The standard InChI is InChI=1S/C23H24N4O/c1-5-13-27(4)23(28)21-12-11-18(15-17(21)2)8-7-14-26(3)20-10-6-9-19(16-20)22(24)25/h1,6,9-12,15-16H,13-14H2,2-4H3,(H3,24,25). The molecule has 0 saturated heterocycles. The van der Waals surface area contributed by atoms with E-state index in [4.69, 9.17) is 17.6 Å². The average molecular weight is 372 g/mol. The molecule has 0 heterocycles. The Bertz CT molecular complexity index is 992. The molecular weight excluding hydrogens is 348 g/mol. The SMILES string of the molecule is C#CCN(C)C(=O)c1ccc(C#CCN(C)c2cccc(C(=N)N)c2)cc1C. The van der Waals surface area contributed by atoms with Gasteiger partial charge in [-0.1, -0.05) is 29.9 Å². The molecule has 0 unspecified atom stereocenters. The summed E-state index contributed by atoms with van der Waals surface area (Å²) in [6, 6.07) is 13.0. The van der Waals surface area contributed by atoms with E-state index in [1.54, 1.807) is 19.2 Å². The number of nitrogens with two attached hydrogens (primary N) is 1. The lowest BCUT2D eigenvalue weighted by Crippen LogP contribution is -2.27. The number of hydrogen-bond donors (Lipinski definition) is 2. The molecule has 0 radical (unpaired) electrons. The lowest BCUT2D eigenvalue weighted by Gasteiger charge is -2.17. The summed E-state index contributed by atoms with van der Waals surface area (Å²) in [5.74, 6) is 8.68. The quantitative estimate of drug-likeness (QED) is 0.481. The number of nitrogens with one attached hydrogen (secondary N) is 1. The summed E-state index contributed by atoms with van der Waals surface area (Å²) in [6.45, 7) is 2.69. The number of nitrogen functional groups attached to an aromatic ring is 1. The van der Waals surface area contributed by atoms with Crippen molar-refractivity contribution in [3.8, 4) is 24.2 Å². The zero-order valence-electron chi connectivity index (χ0n) is 16.4. The van der Waals surface area contributed by atoms with Crippen LogP contribution in [0.2, 0.25) is 0 Å². The van der Waals surface area contributed by atoms with Crippen LogP contribution in [0.15, 0.2) is 42.5 Å². The van der Waals surface area contributed by atoms with Gasteiger partial charge in [0.25, 0.3) is 5.91 Å². The molecule has 0 saturated carbocycles. The first-order chi connectivity index (χ1) is 13.3. The van der Waals surface area contributed by atoms with E-state index < -0.39 is 0 Å². The van der Waals surface area contributed by atoms with Gasteiger partial charge in [0.15, 0.2) is 0 Å². The van der Waals surface area contributed by atoms with Crippen LogP contribution in [0.5, 0.6) is 0 Å². The fourth-order valence-electron chi connectivity index (χ4n) is 2.66. The molecule has 28 heavy (non-hydrogen) atoms. The maximum Gasteiger partial charge on any atom is 0.254 e. The Hall–Kier alpha value is -3.70. The Morgan fingerprint density at radius 1 is 1.18 bits per heavy atom. The summed E-state index contributed by atoms with van der Waals surface area (Å²) < 4.78 is 0. The Labute approximate surface area is 166 Å². The van der Waals surface area contributed by atoms with Crippen LogP contribution in [0.1, 0.15) is 27.0 Å². The summed E-state index contributed by atoms with van der Waals surface area (Å²) in [6.07, 6.45) is 5.27. The van der Waals surface area contributed by atoms with E-state index in [-0.39, 0.29) is 18.3 Å². The van der Waals surface area contributed by atoms with E-state index in [0.29, 0.717) is 17.7 Å². The molecule has 0 aliphatic rings. The lowest BCUT2D eigenvalue weighted by atomic mass is 10.0. The van der Waals surface area contributed by atoms with Gasteiger partial charge >= 0.3 is 0 Å². The van der Waals surface area contributed by atoms with Crippen molar-refractivity contribution in [2.75, 3.05) is 32.1 Å². The molecule has 5 heteroatoms. The Morgan fingerprint density at radius 3 is 2.57 bits per heavy atom. The molecule has 0 spiro atoms. The number of amides is 1. The number of nitrogens with zero attached hydrogens (tertiary/aromatic N) is 2. The molecule has 2 rings (SSSR count). The van der Waals surface area contributed by atoms with Crippen LogP contribution < -0.4 is 10.6 Å². The number of amidine groups is 1. The number of anilines is 1. The first-order valence-corrected chi connectivity index (χ1v) is 8.77. The fraction of sp³-hybridized carbons (Fsp3) is 0.217. The molecule has 0 aliphatic carbocycles. The molecule has 1 amide bonds. The Morgan fingerprint density at radius 2 is 1.93 bits per heavy atom. The third kappa shape index (κ3) is 5.16. The molecule has 0 fully saturated rings. The monoisotopic (exact) mass is 372 g/mol. The predicted octanol–water partition coefficient (Wildman–Crippen LogP) is 2.47. The summed E-state index contributed by atoms with van der Waals surface area (Å²) in [7, 11) is 3.62. The zero-order chi connectivity index (χ0) is 20.7. The maximum absolute atomic E-state index is 12.4. The van der Waals surface area contributed by atoms with Crippen molar-refractivity contribution in [1.82, 2.24) is 4.90 Å². The van der Waals surface area contributed by atoms with Crippen LogP contribution in [0.4, 0.5) is 5.69 Å². The molecule has 0 atom stereocenters. The second-order valence-corrected chi connectivity index (χ2v) is 6.52. The average Bonchev–Trinajstić information content (AvgIpc) is 2.67. The van der Waals surface area contributed by atoms with Crippen molar-refractivity contribution >= 4 is 17.4 Å². The van der Waals surface area contributed by atoms with Gasteiger partial charge in [-0.05, 0) is 42.8 Å². The molecule has 0 aromatic heterocycles. The summed E-state index contributed by atoms with van der Waals surface area (Å²) >= 11 is 0. The maximum atomic E-state index is 12.4. The molecule has 0 bridgehead atoms. The van der Waals surface area contributed by atoms with Crippen LogP contribution in [0.3, 0.4) is 0 Å². The van der Waals surface area contributed by atoms with Gasteiger partial charge in [0, 0.05) is 36.5 Å². The normalized spacial score (nSPS) is 9.64. The molecule has 3 N–H and O–H groups in total. The summed E-state index contributed by atoms with van der Waals surface area (Å²) in [5, 5.41) is 7.54. The molecule has 2 aromatic carbocycles. The van der Waals surface area contributed by atoms with Crippen molar-refractivity contribution < 1.29 is 4.79 Å². The molecule has 5 nitrogen and oxygen atoms in total. The van der Waals surface area contributed by atoms with E-state index in [1.165, 1.54) is 4.90 Å². The van der Waals surface area contributed by atoms with Crippen LogP contribution in [-0.2, 0) is 0 Å². The summed E-state index contributed by atoms with van der Waals surface area (Å²) in [4.78, 5) is 15.9. The number of benzene rings is 2. The first kappa shape index (κ1) is 20.6. The van der Waals surface area contributed by atoms with Gasteiger partial charge < -0.3 is 15.5 Å². The lowest BCUT2D eigenvalue weighted by molar-refractivity contribution is 0.0812. The zero-order valence-corrected chi connectivity index (χ0v) is 16.4. The molecule has 142 valence electrons. The van der Waals surface area contributed by atoms with Crippen LogP contribution in [-0.4, -0.2) is 43.8 Å². The number of terminal acetylenes is 1. The van der Waals surface area contributed by atoms with Crippen LogP contribution in [0, 0.1) is 36.5 Å². The van der Waals surface area contributed by atoms with Gasteiger partial charge in [-0.2, -0.15) is 0 Å². The van der Waals surface area contributed by atoms with Crippen LogP contribution >= 0.6 is 0 Å². The highest BCUT2D eigenvalue weighted by Crippen LogP contribution is 2.15. The van der Waals surface area contributed by atoms with Gasteiger partial charge in [0.2, 0.25) is 0 Å². The van der Waals surface area contributed by atoms with E-state index >= 15 is 0 Å². The smallest absolute Gasteiger partial charge is 0.254 e. The van der Waals surface area contributed by atoms with Crippen molar-refractivity contribution in [2.24, 2.45) is 5.73 Å². The predicted molar refractivity (Wildman–Crippen MR) is 115 cm³/mol. The fourth-order valence-corrected chi connectivity index (χ4v) is 2.66. The van der Waals surface area contributed by atoms with Crippen LogP contribution in [0.25, 0.3) is 0 Å². The van der Waals surface area contributed by atoms with Gasteiger partial charge in [-0.15, -0.1) is 6.42 Å². The minimum Gasteiger partial charge on any atom is -0.384 e. The minimum absolute atomic E-state index is 0.0411. The number of carbonyl (C=O) groups is 1. The van der Waals surface area contributed by atoms with E-state index in [1.807, 2.05) is 49.2 Å². The Balaban J connectivity index is 2.09. The highest BCUT2D eigenvalue weighted by atomic mass is 16.2. The highest BCUT2D eigenvalue weighted by Gasteiger charge is 2.13. The topological polar surface area (TPSA) is 73.4 Å². The number of rotatable bonds is 5. The molecular formula is C23H24N4O. The minimum atomic E-state index is -0.0972. The van der Waals surface area contributed by atoms with Gasteiger partial charge in [-0.3, -0.25) is 10.2 Å². The second kappa shape index (κ2) is 9.30. The van der Waals surface area contributed by atoms with Crippen molar-refractivity contribution in [3.05, 3.63) is 64.7 Å². The second-order valence-electron chi connectivity index (χ2n) is 6.52. The van der Waals surface area contributed by atoms with E-state index in [2.05, 4.69) is 17.8 Å². The number of carbonyl (C=O) groups excluding carboxylic acids is 1.